The first-order valence-electron chi connectivity index (χ1n) is 10.8. The number of halogens is 1. The highest BCUT2D eigenvalue weighted by atomic mass is 35.5. The first-order chi connectivity index (χ1) is 14.0. The minimum absolute atomic E-state index is 0. The molecule has 0 aliphatic heterocycles. The predicted molar refractivity (Wildman–Crippen MR) is 132 cm³/mol. The standard InChI is InChI=1S/C26H38N2O2.ClH/c1-8-28(20-19-27(7)25(5,6)24(2,3)4)23(29)26(30,21-15-11-9-12-16-21)22-17-13-10-14-18-22;/h9-18,30H,8,19-20H2,1-7H3;1H. The minimum atomic E-state index is -1.71. The molecule has 0 aliphatic carbocycles. The number of hydrogen-bond acceptors (Lipinski definition) is 3. The highest BCUT2D eigenvalue weighted by Crippen LogP contribution is 2.35. The van der Waals surface area contributed by atoms with Crippen molar-refractivity contribution in [2.75, 3.05) is 26.7 Å². The van der Waals surface area contributed by atoms with Crippen LogP contribution in [0.15, 0.2) is 60.7 Å². The van der Waals surface area contributed by atoms with Gasteiger partial charge < -0.3 is 10.0 Å². The van der Waals surface area contributed by atoms with Gasteiger partial charge >= 0.3 is 0 Å². The number of hydrogen-bond donors (Lipinski definition) is 1. The average Bonchev–Trinajstić information content (AvgIpc) is 2.73. The molecule has 0 spiro atoms. The monoisotopic (exact) mass is 446 g/mol. The summed E-state index contributed by atoms with van der Waals surface area (Å²) in [6, 6.07) is 18.4. The normalized spacial score (nSPS) is 12.4. The van der Waals surface area contributed by atoms with Crippen molar-refractivity contribution in [2.45, 2.75) is 52.7 Å². The molecule has 0 aliphatic rings. The summed E-state index contributed by atoms with van der Waals surface area (Å²) in [6.45, 7) is 14.9. The SMILES string of the molecule is CCN(CCN(C)C(C)(C)C(C)(C)C)C(=O)C(O)(c1ccccc1)c1ccccc1.Cl. The van der Waals surface area contributed by atoms with Crippen LogP contribution in [-0.2, 0) is 10.4 Å². The molecule has 0 bridgehead atoms. The van der Waals surface area contributed by atoms with E-state index < -0.39 is 5.60 Å². The Morgan fingerprint density at radius 1 is 0.839 bits per heavy atom. The van der Waals surface area contributed by atoms with Crippen molar-refractivity contribution >= 4 is 18.3 Å². The fourth-order valence-electron chi connectivity index (χ4n) is 3.53. The lowest BCUT2D eigenvalue weighted by atomic mass is 9.75. The average molecular weight is 447 g/mol. The van der Waals surface area contributed by atoms with Gasteiger partial charge in [0.15, 0.2) is 5.60 Å². The Hall–Kier alpha value is -1.88. The van der Waals surface area contributed by atoms with Gasteiger partial charge in [0.1, 0.15) is 0 Å². The number of likely N-dealkylation sites (N-methyl/N-ethyl adjacent to an activating group) is 2. The molecule has 0 unspecified atom stereocenters. The number of carbonyl (C=O) groups excluding carboxylic acids is 1. The highest BCUT2D eigenvalue weighted by Gasteiger charge is 2.43. The fourth-order valence-corrected chi connectivity index (χ4v) is 3.53. The van der Waals surface area contributed by atoms with Gasteiger partial charge in [0, 0.05) is 25.2 Å². The molecule has 172 valence electrons. The summed E-state index contributed by atoms with van der Waals surface area (Å²) < 4.78 is 0. The molecule has 4 nitrogen and oxygen atoms in total. The van der Waals surface area contributed by atoms with E-state index in [1.54, 1.807) is 4.90 Å². The topological polar surface area (TPSA) is 43.8 Å². The van der Waals surface area contributed by atoms with E-state index in [2.05, 4.69) is 46.6 Å². The van der Waals surface area contributed by atoms with Crippen LogP contribution in [0.2, 0.25) is 0 Å². The third-order valence-corrected chi connectivity index (χ3v) is 6.86. The van der Waals surface area contributed by atoms with Crippen molar-refractivity contribution < 1.29 is 9.90 Å². The Morgan fingerprint density at radius 3 is 1.61 bits per heavy atom. The van der Waals surface area contributed by atoms with Crippen LogP contribution in [0.3, 0.4) is 0 Å². The summed E-state index contributed by atoms with van der Waals surface area (Å²) in [7, 11) is 2.10. The molecule has 0 atom stereocenters. The molecule has 2 aromatic rings. The van der Waals surface area contributed by atoms with Gasteiger partial charge in [0.05, 0.1) is 0 Å². The van der Waals surface area contributed by atoms with Crippen LogP contribution >= 0.6 is 12.4 Å². The molecule has 1 amide bonds. The lowest BCUT2D eigenvalue weighted by Gasteiger charge is -2.46. The number of aliphatic hydroxyl groups is 1. The Morgan fingerprint density at radius 2 is 1.26 bits per heavy atom. The summed E-state index contributed by atoms with van der Waals surface area (Å²) in [6.07, 6.45) is 0. The van der Waals surface area contributed by atoms with Crippen molar-refractivity contribution in [1.82, 2.24) is 9.80 Å². The van der Waals surface area contributed by atoms with Crippen LogP contribution in [0, 0.1) is 5.41 Å². The molecular weight excluding hydrogens is 408 g/mol. The van der Waals surface area contributed by atoms with Crippen molar-refractivity contribution in [3.63, 3.8) is 0 Å². The van der Waals surface area contributed by atoms with E-state index in [1.807, 2.05) is 67.6 Å². The van der Waals surface area contributed by atoms with Gasteiger partial charge in [-0.1, -0.05) is 81.4 Å². The van der Waals surface area contributed by atoms with E-state index in [1.165, 1.54) is 0 Å². The van der Waals surface area contributed by atoms with Crippen molar-refractivity contribution in [3.05, 3.63) is 71.8 Å². The molecule has 1 N–H and O–H groups in total. The van der Waals surface area contributed by atoms with E-state index in [-0.39, 0.29) is 29.3 Å². The zero-order valence-corrected chi connectivity index (χ0v) is 20.9. The molecule has 0 aromatic heterocycles. The van der Waals surface area contributed by atoms with Gasteiger partial charge in [-0.3, -0.25) is 9.69 Å². The number of nitrogens with zero attached hydrogens (tertiary/aromatic N) is 2. The first kappa shape index (κ1) is 27.2. The van der Waals surface area contributed by atoms with Crippen molar-refractivity contribution in [1.29, 1.82) is 0 Å². The van der Waals surface area contributed by atoms with Gasteiger partial charge in [-0.2, -0.15) is 0 Å². The zero-order chi connectivity index (χ0) is 22.6. The maximum absolute atomic E-state index is 13.7. The molecular formula is C26H39ClN2O2. The van der Waals surface area contributed by atoms with Gasteiger partial charge in [-0.05, 0) is 44.4 Å². The third-order valence-electron chi connectivity index (χ3n) is 6.86. The molecule has 31 heavy (non-hydrogen) atoms. The smallest absolute Gasteiger partial charge is 0.264 e. The van der Waals surface area contributed by atoms with E-state index in [4.69, 9.17) is 0 Å². The molecule has 0 saturated carbocycles. The number of benzene rings is 2. The number of carbonyl (C=O) groups is 1. The quantitative estimate of drug-likeness (QED) is 0.623. The van der Waals surface area contributed by atoms with Crippen LogP contribution < -0.4 is 0 Å². The second-order valence-corrected chi connectivity index (χ2v) is 9.56. The van der Waals surface area contributed by atoms with Crippen LogP contribution in [-0.4, -0.2) is 53.0 Å². The second kappa shape index (κ2) is 10.6. The van der Waals surface area contributed by atoms with E-state index >= 15 is 0 Å². The van der Waals surface area contributed by atoms with Crippen molar-refractivity contribution in [2.24, 2.45) is 5.41 Å². The van der Waals surface area contributed by atoms with Crippen LogP contribution in [0.1, 0.15) is 52.7 Å². The summed E-state index contributed by atoms with van der Waals surface area (Å²) in [5.74, 6) is -0.288. The summed E-state index contributed by atoms with van der Waals surface area (Å²) in [4.78, 5) is 17.8. The molecule has 0 heterocycles. The Bertz CT molecular complexity index is 777. The van der Waals surface area contributed by atoms with E-state index in [0.717, 1.165) is 6.54 Å². The summed E-state index contributed by atoms with van der Waals surface area (Å²) >= 11 is 0. The van der Waals surface area contributed by atoms with E-state index in [9.17, 15) is 9.90 Å². The largest absolute Gasteiger partial charge is 0.372 e. The van der Waals surface area contributed by atoms with Crippen LogP contribution in [0.5, 0.6) is 0 Å². The number of amides is 1. The van der Waals surface area contributed by atoms with Crippen LogP contribution in [0.4, 0.5) is 0 Å². The molecule has 0 fully saturated rings. The fraction of sp³-hybridized carbons (Fsp3) is 0.500. The number of rotatable bonds is 8. The Labute approximate surface area is 194 Å². The molecule has 2 aromatic carbocycles. The molecule has 5 heteroatoms. The highest BCUT2D eigenvalue weighted by molar-refractivity contribution is 5.90. The van der Waals surface area contributed by atoms with Crippen molar-refractivity contribution in [3.8, 4) is 0 Å². The maximum atomic E-state index is 13.7. The lowest BCUT2D eigenvalue weighted by Crippen LogP contribution is -2.54. The lowest BCUT2D eigenvalue weighted by molar-refractivity contribution is -0.148. The second-order valence-electron chi connectivity index (χ2n) is 9.56. The first-order valence-corrected chi connectivity index (χ1v) is 10.8. The van der Waals surface area contributed by atoms with Gasteiger partial charge in [-0.25, -0.2) is 0 Å². The Kier molecular flexibility index (Phi) is 9.31. The molecule has 0 saturated heterocycles. The van der Waals surface area contributed by atoms with Crippen LogP contribution in [0.25, 0.3) is 0 Å². The summed E-state index contributed by atoms with van der Waals surface area (Å²) in [5, 5.41) is 11.8. The third kappa shape index (κ3) is 5.68. The zero-order valence-electron chi connectivity index (χ0n) is 20.1. The van der Waals surface area contributed by atoms with E-state index in [0.29, 0.717) is 24.2 Å². The molecule has 2 rings (SSSR count). The molecule has 0 radical (unpaired) electrons. The van der Waals surface area contributed by atoms with Gasteiger partial charge in [0.25, 0.3) is 5.91 Å². The van der Waals surface area contributed by atoms with Gasteiger partial charge in [0.2, 0.25) is 0 Å². The Balaban J connectivity index is 0.00000480. The maximum Gasteiger partial charge on any atom is 0.264 e. The minimum Gasteiger partial charge on any atom is -0.372 e. The predicted octanol–water partition coefficient (Wildman–Crippen LogP) is 4.95. The van der Waals surface area contributed by atoms with Gasteiger partial charge in [-0.15, -0.1) is 12.4 Å². The summed E-state index contributed by atoms with van der Waals surface area (Å²) in [5.41, 5.74) is -0.482.